The molecule has 1 heterocycles. The Kier molecular flexibility index (Phi) is 10.1. The molecule has 3 heteroatoms. The van der Waals surface area contributed by atoms with Crippen LogP contribution in [0, 0.1) is 17.7 Å². The summed E-state index contributed by atoms with van der Waals surface area (Å²) in [6, 6.07) is 18.9. The van der Waals surface area contributed by atoms with Gasteiger partial charge in [-0.05, 0) is 85.6 Å². The van der Waals surface area contributed by atoms with Gasteiger partial charge in [-0.3, -0.25) is 0 Å². The van der Waals surface area contributed by atoms with Crippen molar-refractivity contribution in [2.75, 3.05) is 6.61 Å². The van der Waals surface area contributed by atoms with Crippen molar-refractivity contribution in [1.29, 1.82) is 0 Å². The zero-order valence-corrected chi connectivity index (χ0v) is 23.0. The number of halogens is 1. The molecule has 2 aromatic rings. The van der Waals surface area contributed by atoms with Crippen molar-refractivity contribution in [3.8, 4) is 16.9 Å². The monoisotopic (exact) mass is 492 g/mol. The van der Waals surface area contributed by atoms with Crippen LogP contribution in [0.4, 0.5) is 4.39 Å². The molecule has 1 saturated carbocycles. The number of hydrogen-bond acceptors (Lipinski definition) is 1. The average Bonchev–Trinajstić information content (AvgIpc) is 2.90. The highest BCUT2D eigenvalue weighted by Gasteiger charge is 2.25. The highest BCUT2D eigenvalue weighted by Crippen LogP contribution is 2.40. The molecule has 190 valence electrons. The number of rotatable bonds is 11. The molecule has 1 nitrogen and oxygen atoms in total. The average molecular weight is 493 g/mol. The summed E-state index contributed by atoms with van der Waals surface area (Å²) < 4.78 is 19.6. The van der Waals surface area contributed by atoms with E-state index in [2.05, 4.69) is 36.9 Å². The zero-order chi connectivity index (χ0) is 24.5. The maximum Gasteiger partial charge on any atom is 0.165 e. The summed E-state index contributed by atoms with van der Waals surface area (Å²) in [5, 5.41) is 0. The van der Waals surface area contributed by atoms with E-state index in [0.717, 1.165) is 23.0 Å². The van der Waals surface area contributed by atoms with E-state index in [9.17, 15) is 4.39 Å². The molecule has 35 heavy (non-hydrogen) atoms. The van der Waals surface area contributed by atoms with Crippen molar-refractivity contribution in [2.45, 2.75) is 95.2 Å². The quantitative estimate of drug-likeness (QED) is 0.172. The molecule has 0 amide bonds. The number of hydrogen-bond donors (Lipinski definition) is 0. The second-order valence-corrected chi connectivity index (χ2v) is 14.6. The first-order valence-corrected chi connectivity index (χ1v) is 16.7. The van der Waals surface area contributed by atoms with Gasteiger partial charge < -0.3 is 4.74 Å². The van der Waals surface area contributed by atoms with Gasteiger partial charge in [0.1, 0.15) is 0 Å². The molecule has 1 saturated heterocycles. The van der Waals surface area contributed by atoms with Crippen LogP contribution in [0.1, 0.15) is 82.6 Å². The molecular weight excluding hydrogens is 447 g/mol. The summed E-state index contributed by atoms with van der Waals surface area (Å²) in [6.07, 6.45) is 16.2. The van der Waals surface area contributed by atoms with Gasteiger partial charge >= 0.3 is 0 Å². The fraction of sp³-hybridized carbons (Fsp3) is 0.562. The van der Waals surface area contributed by atoms with Crippen molar-refractivity contribution in [3.63, 3.8) is 0 Å². The standard InChI is InChI=1S/C32H45FOSi/c1-3-5-6-21-35-22-19-26(20-23-35)8-7-25-9-11-27(12-10-25)28-13-15-29(16-14-28)30-17-18-32(34-4-2)31(33)24-30/h3,13-18,24-27,35H,1,4-12,19-23H2,2H3/t25-,26-,27-,35-. The second kappa shape index (κ2) is 13.4. The fourth-order valence-electron chi connectivity index (χ4n) is 6.52. The second-order valence-electron chi connectivity index (χ2n) is 11.1. The summed E-state index contributed by atoms with van der Waals surface area (Å²) in [7, 11) is -0.403. The van der Waals surface area contributed by atoms with Crippen molar-refractivity contribution in [2.24, 2.45) is 11.8 Å². The molecule has 2 fully saturated rings. The van der Waals surface area contributed by atoms with Gasteiger partial charge in [0.15, 0.2) is 11.6 Å². The van der Waals surface area contributed by atoms with E-state index >= 15 is 0 Å². The molecule has 2 aliphatic rings. The Morgan fingerprint density at radius 2 is 1.57 bits per heavy atom. The molecule has 0 unspecified atom stereocenters. The molecule has 1 aliphatic heterocycles. The SMILES string of the molecule is C=CCCC[Si@H]1CC[C@H](CC[C@H]2CC[C@H](c3ccc(-c4ccc(OCC)c(F)c4)cc3)CC2)CC1. The zero-order valence-electron chi connectivity index (χ0n) is 21.8. The van der Waals surface area contributed by atoms with Crippen molar-refractivity contribution in [1.82, 2.24) is 0 Å². The molecule has 0 radical (unpaired) electrons. The number of benzene rings is 2. The van der Waals surface area contributed by atoms with E-state index in [0.29, 0.717) is 18.3 Å². The number of unbranched alkanes of at least 4 members (excludes halogenated alkanes) is 1. The van der Waals surface area contributed by atoms with E-state index in [1.807, 2.05) is 13.0 Å². The summed E-state index contributed by atoms with van der Waals surface area (Å²) >= 11 is 0. The van der Waals surface area contributed by atoms with Gasteiger partial charge in [0.2, 0.25) is 0 Å². The Bertz CT molecular complexity index is 908. The Balaban J connectivity index is 1.19. The Morgan fingerprint density at radius 3 is 2.20 bits per heavy atom. The molecule has 4 rings (SSSR count). The molecule has 0 spiro atoms. The van der Waals surface area contributed by atoms with Crippen LogP contribution in [0.15, 0.2) is 55.1 Å². The summed E-state index contributed by atoms with van der Waals surface area (Å²) in [5.41, 5.74) is 3.44. The first-order chi connectivity index (χ1) is 17.2. The Labute approximate surface area is 214 Å². The largest absolute Gasteiger partial charge is 0.491 e. The maximum atomic E-state index is 14.3. The summed E-state index contributed by atoms with van der Waals surface area (Å²) in [4.78, 5) is 0. The molecule has 2 aromatic carbocycles. The minimum atomic E-state index is -0.403. The maximum absolute atomic E-state index is 14.3. The van der Waals surface area contributed by atoms with Crippen LogP contribution in [0.25, 0.3) is 11.1 Å². The molecule has 0 bridgehead atoms. The highest BCUT2D eigenvalue weighted by atomic mass is 28.3. The van der Waals surface area contributed by atoms with Gasteiger partial charge in [-0.2, -0.15) is 0 Å². The van der Waals surface area contributed by atoms with Crippen LogP contribution < -0.4 is 4.74 Å². The lowest BCUT2D eigenvalue weighted by Crippen LogP contribution is -2.22. The molecule has 0 aromatic heterocycles. The minimum absolute atomic E-state index is 0.287. The van der Waals surface area contributed by atoms with Gasteiger partial charge in [0, 0.05) is 8.80 Å². The topological polar surface area (TPSA) is 9.23 Å². The predicted octanol–water partition coefficient (Wildman–Crippen LogP) is 9.55. The molecule has 0 N–H and O–H groups in total. The lowest BCUT2D eigenvalue weighted by molar-refractivity contribution is 0.280. The van der Waals surface area contributed by atoms with Gasteiger partial charge in [-0.1, -0.05) is 86.6 Å². The van der Waals surface area contributed by atoms with E-state index < -0.39 is 8.80 Å². The van der Waals surface area contributed by atoms with Gasteiger partial charge in [0.25, 0.3) is 0 Å². The first kappa shape index (κ1) is 26.2. The third-order valence-electron chi connectivity index (χ3n) is 8.76. The Hall–Kier alpha value is -1.87. The van der Waals surface area contributed by atoms with Crippen LogP contribution in [-0.2, 0) is 0 Å². The minimum Gasteiger partial charge on any atom is -0.491 e. The lowest BCUT2D eigenvalue weighted by Gasteiger charge is -2.32. The number of allylic oxidation sites excluding steroid dienone is 1. The van der Waals surface area contributed by atoms with Crippen LogP contribution in [-0.4, -0.2) is 15.4 Å². The van der Waals surface area contributed by atoms with Gasteiger partial charge in [-0.15, -0.1) is 6.58 Å². The third kappa shape index (κ3) is 7.55. The predicted molar refractivity (Wildman–Crippen MR) is 151 cm³/mol. The van der Waals surface area contributed by atoms with Crippen LogP contribution in [0.3, 0.4) is 0 Å². The van der Waals surface area contributed by atoms with Crippen molar-refractivity contribution < 1.29 is 9.13 Å². The van der Waals surface area contributed by atoms with E-state index in [-0.39, 0.29) is 5.82 Å². The summed E-state index contributed by atoms with van der Waals surface area (Å²) in [6.45, 7) is 6.22. The Morgan fingerprint density at radius 1 is 0.914 bits per heavy atom. The highest BCUT2D eigenvalue weighted by molar-refractivity contribution is 6.58. The van der Waals surface area contributed by atoms with E-state index in [4.69, 9.17) is 4.74 Å². The smallest absolute Gasteiger partial charge is 0.165 e. The van der Waals surface area contributed by atoms with Gasteiger partial charge in [0.05, 0.1) is 6.61 Å². The number of ether oxygens (including phenoxy) is 1. The van der Waals surface area contributed by atoms with E-state index in [1.165, 1.54) is 69.8 Å². The third-order valence-corrected chi connectivity index (χ3v) is 12.3. The molecule has 1 aliphatic carbocycles. The van der Waals surface area contributed by atoms with Crippen LogP contribution in [0.2, 0.25) is 18.1 Å². The van der Waals surface area contributed by atoms with Gasteiger partial charge in [-0.25, -0.2) is 4.39 Å². The lowest BCUT2D eigenvalue weighted by atomic mass is 9.76. The fourth-order valence-corrected chi connectivity index (χ4v) is 10.1. The molecule has 0 atom stereocenters. The first-order valence-electron chi connectivity index (χ1n) is 14.3. The molecular formula is C32H45FOSi. The van der Waals surface area contributed by atoms with Crippen molar-refractivity contribution >= 4 is 8.80 Å². The summed E-state index contributed by atoms with van der Waals surface area (Å²) in [5.74, 6) is 2.70. The normalized spacial score (nSPS) is 24.7. The van der Waals surface area contributed by atoms with Crippen LogP contribution in [0.5, 0.6) is 5.75 Å². The van der Waals surface area contributed by atoms with Crippen LogP contribution >= 0.6 is 0 Å². The van der Waals surface area contributed by atoms with E-state index in [1.54, 1.807) is 30.3 Å². The van der Waals surface area contributed by atoms with Crippen molar-refractivity contribution in [3.05, 3.63) is 66.5 Å².